The quantitative estimate of drug-likeness (QED) is 0.672. The van der Waals surface area contributed by atoms with Crippen molar-refractivity contribution < 1.29 is 5.11 Å². The van der Waals surface area contributed by atoms with Gasteiger partial charge in [-0.25, -0.2) is 0 Å². The van der Waals surface area contributed by atoms with Gasteiger partial charge in [0.15, 0.2) is 0 Å². The van der Waals surface area contributed by atoms with Gasteiger partial charge in [-0.15, -0.1) is 0 Å². The molecule has 0 bridgehead atoms. The van der Waals surface area contributed by atoms with Crippen LogP contribution >= 0.6 is 0 Å². The SMILES string of the molecule is [CH3][Sn]([CH3])([CH3])[CH]=C=C(CO)c1ccccc1. The van der Waals surface area contributed by atoms with Crippen molar-refractivity contribution in [2.45, 2.75) is 14.8 Å². The Morgan fingerprint density at radius 2 is 1.87 bits per heavy atom. The van der Waals surface area contributed by atoms with Crippen molar-refractivity contribution in [2.24, 2.45) is 0 Å². The summed E-state index contributed by atoms with van der Waals surface area (Å²) in [5, 5.41) is 9.28. The number of aliphatic hydroxyl groups excluding tert-OH is 1. The molecule has 2 heteroatoms. The van der Waals surface area contributed by atoms with Gasteiger partial charge in [-0.3, -0.25) is 0 Å². The Labute approximate surface area is 96.0 Å². The molecule has 0 unspecified atom stereocenters. The van der Waals surface area contributed by atoms with Crippen molar-refractivity contribution in [1.82, 2.24) is 0 Å². The van der Waals surface area contributed by atoms with Crippen LogP contribution in [0.2, 0.25) is 14.8 Å². The predicted octanol–water partition coefficient (Wildman–Crippen LogP) is 3.09. The molecule has 0 aromatic heterocycles. The van der Waals surface area contributed by atoms with Crippen LogP contribution in [0.15, 0.2) is 40.2 Å². The summed E-state index contributed by atoms with van der Waals surface area (Å²) in [6.45, 7) is 0.0580. The molecule has 1 nitrogen and oxygen atoms in total. The first kappa shape index (κ1) is 12.6. The van der Waals surface area contributed by atoms with Crippen molar-refractivity contribution >= 4 is 24.0 Å². The van der Waals surface area contributed by atoms with Gasteiger partial charge in [0.05, 0.1) is 0 Å². The molecule has 0 spiro atoms. The summed E-state index contributed by atoms with van der Waals surface area (Å²) in [5.74, 6) is 0. The summed E-state index contributed by atoms with van der Waals surface area (Å²) < 4.78 is 2.20. The van der Waals surface area contributed by atoms with E-state index in [0.717, 1.165) is 11.1 Å². The molecule has 0 saturated heterocycles. The van der Waals surface area contributed by atoms with Crippen LogP contribution in [0, 0.1) is 0 Å². The van der Waals surface area contributed by atoms with Gasteiger partial charge in [0.2, 0.25) is 0 Å². The van der Waals surface area contributed by atoms with Crippen LogP contribution in [0.5, 0.6) is 0 Å². The molecule has 0 saturated carbocycles. The minimum absolute atomic E-state index is 0.0580. The molecule has 0 aliphatic heterocycles. The van der Waals surface area contributed by atoms with Gasteiger partial charge in [-0.1, -0.05) is 0 Å². The van der Waals surface area contributed by atoms with E-state index in [1.807, 2.05) is 30.3 Å². The van der Waals surface area contributed by atoms with E-state index in [-0.39, 0.29) is 6.61 Å². The standard InChI is InChI=1S/C10H9O.3CH3.Sn/c1-2-9(8-11)10-6-4-3-5-7-10;;;;/h1,3-7,11H,8H2;3*1H3;. The summed E-state index contributed by atoms with van der Waals surface area (Å²) in [6, 6.07) is 9.94. The molecule has 0 atom stereocenters. The first-order valence-electron chi connectivity index (χ1n) is 5.16. The topological polar surface area (TPSA) is 20.2 Å². The van der Waals surface area contributed by atoms with Crippen molar-refractivity contribution in [1.29, 1.82) is 0 Å². The van der Waals surface area contributed by atoms with Crippen molar-refractivity contribution in [3.05, 3.63) is 45.7 Å². The molecule has 1 N–H and O–H groups in total. The Morgan fingerprint density at radius 3 is 2.33 bits per heavy atom. The number of rotatable bonds is 3. The normalized spacial score (nSPS) is 10.7. The van der Waals surface area contributed by atoms with Crippen molar-refractivity contribution in [3.8, 4) is 0 Å². The van der Waals surface area contributed by atoms with Crippen LogP contribution in [0.25, 0.3) is 5.57 Å². The second-order valence-corrected chi connectivity index (χ2v) is 19.0. The number of hydrogen-bond acceptors (Lipinski definition) is 1. The van der Waals surface area contributed by atoms with Gasteiger partial charge in [0.25, 0.3) is 0 Å². The fourth-order valence-corrected chi connectivity index (χ4v) is 2.90. The molecule has 0 amide bonds. The molecule has 0 radical (unpaired) electrons. The fourth-order valence-electron chi connectivity index (χ4n) is 1.16. The molecule has 1 aromatic rings. The first-order valence-corrected chi connectivity index (χ1v) is 15.4. The molecule has 15 heavy (non-hydrogen) atoms. The average Bonchev–Trinajstić information content (AvgIpc) is 2.19. The van der Waals surface area contributed by atoms with E-state index in [0.29, 0.717) is 0 Å². The van der Waals surface area contributed by atoms with E-state index in [9.17, 15) is 5.11 Å². The van der Waals surface area contributed by atoms with Crippen molar-refractivity contribution in [3.63, 3.8) is 0 Å². The predicted molar refractivity (Wildman–Crippen MR) is 68.4 cm³/mol. The van der Waals surface area contributed by atoms with E-state index in [1.165, 1.54) is 0 Å². The molecular formula is C13H18OSn. The van der Waals surface area contributed by atoms with Gasteiger partial charge in [0, 0.05) is 0 Å². The Kier molecular flexibility index (Phi) is 4.65. The van der Waals surface area contributed by atoms with Crippen LogP contribution in [0.4, 0.5) is 0 Å². The molecule has 0 aliphatic rings. The molecule has 80 valence electrons. The Morgan fingerprint density at radius 1 is 1.27 bits per heavy atom. The maximum atomic E-state index is 9.28. The average molecular weight is 309 g/mol. The molecule has 0 heterocycles. The summed E-state index contributed by atoms with van der Waals surface area (Å²) >= 11 is -1.92. The van der Waals surface area contributed by atoms with Crippen LogP contribution < -0.4 is 0 Å². The van der Waals surface area contributed by atoms with E-state index < -0.39 is 18.4 Å². The Bertz CT molecular complexity index is 367. The van der Waals surface area contributed by atoms with Crippen LogP contribution in [-0.4, -0.2) is 30.1 Å². The van der Waals surface area contributed by atoms with Crippen molar-refractivity contribution in [2.75, 3.05) is 6.61 Å². The van der Waals surface area contributed by atoms with Gasteiger partial charge < -0.3 is 0 Å². The second kappa shape index (κ2) is 5.55. The van der Waals surface area contributed by atoms with Gasteiger partial charge >= 0.3 is 96.2 Å². The summed E-state index contributed by atoms with van der Waals surface area (Å²) in [7, 11) is 0. The zero-order valence-corrected chi connectivity index (χ0v) is 12.5. The monoisotopic (exact) mass is 310 g/mol. The fraction of sp³-hybridized carbons (Fsp3) is 0.308. The zero-order chi connectivity index (χ0) is 11.3. The third kappa shape index (κ3) is 4.69. The Balaban J connectivity index is 3.05. The molecule has 0 aliphatic carbocycles. The number of benzene rings is 1. The van der Waals surface area contributed by atoms with Gasteiger partial charge in [-0.05, 0) is 0 Å². The molecule has 1 rings (SSSR count). The van der Waals surface area contributed by atoms with E-state index >= 15 is 0 Å². The van der Waals surface area contributed by atoms with E-state index in [2.05, 4.69) is 24.6 Å². The number of hydrogen-bond donors (Lipinski definition) is 1. The summed E-state index contributed by atoms with van der Waals surface area (Å²) in [6.07, 6.45) is 0. The minimum atomic E-state index is -1.92. The van der Waals surface area contributed by atoms with E-state index in [1.54, 1.807) is 0 Å². The summed E-state index contributed by atoms with van der Waals surface area (Å²) in [4.78, 5) is 6.96. The maximum absolute atomic E-state index is 9.28. The van der Waals surface area contributed by atoms with Crippen LogP contribution in [0.1, 0.15) is 5.56 Å². The molecule has 1 aromatic carbocycles. The first-order chi connectivity index (χ1) is 7.03. The number of aliphatic hydroxyl groups is 1. The van der Waals surface area contributed by atoms with E-state index in [4.69, 9.17) is 0 Å². The zero-order valence-electron chi connectivity index (χ0n) is 9.62. The summed E-state index contributed by atoms with van der Waals surface area (Å²) in [5.41, 5.74) is 5.21. The molecule has 0 fully saturated rings. The third-order valence-electron chi connectivity index (χ3n) is 1.96. The van der Waals surface area contributed by atoms with Gasteiger partial charge in [0.1, 0.15) is 0 Å². The molecular weight excluding hydrogens is 291 g/mol. The van der Waals surface area contributed by atoms with Gasteiger partial charge in [-0.2, -0.15) is 0 Å². The van der Waals surface area contributed by atoms with Crippen LogP contribution in [-0.2, 0) is 0 Å². The second-order valence-electron chi connectivity index (χ2n) is 4.66. The Hall–Kier alpha value is -0.501. The third-order valence-corrected chi connectivity index (χ3v) is 4.84. The van der Waals surface area contributed by atoms with Crippen LogP contribution in [0.3, 0.4) is 0 Å².